The van der Waals surface area contributed by atoms with E-state index in [1.54, 1.807) is 26.0 Å². The van der Waals surface area contributed by atoms with E-state index in [2.05, 4.69) is 4.72 Å². The molecule has 112 valence electrons. The number of benzene rings is 1. The summed E-state index contributed by atoms with van der Waals surface area (Å²) in [6.45, 7) is 3.48. The highest BCUT2D eigenvalue weighted by Gasteiger charge is 2.26. The predicted octanol–water partition coefficient (Wildman–Crippen LogP) is 1.79. The number of hydrogen-bond acceptors (Lipinski definition) is 4. The lowest BCUT2D eigenvalue weighted by atomic mass is 10.2. The fourth-order valence-corrected chi connectivity index (χ4v) is 3.74. The van der Waals surface area contributed by atoms with Gasteiger partial charge in [0.1, 0.15) is 6.04 Å². The molecule has 1 rings (SSSR count). The Kier molecular flexibility index (Phi) is 6.04. The first kappa shape index (κ1) is 17.0. The minimum Gasteiger partial charge on any atom is -0.480 e. The summed E-state index contributed by atoms with van der Waals surface area (Å²) in [5.41, 5.74) is 1.41. The van der Waals surface area contributed by atoms with E-state index in [1.165, 1.54) is 11.8 Å². The summed E-state index contributed by atoms with van der Waals surface area (Å²) in [7, 11) is -3.83. The molecule has 0 spiro atoms. The van der Waals surface area contributed by atoms with Crippen LogP contribution < -0.4 is 4.72 Å². The molecule has 1 aromatic rings. The van der Waals surface area contributed by atoms with Crippen molar-refractivity contribution < 1.29 is 18.3 Å². The number of hydrogen-bond donors (Lipinski definition) is 2. The highest BCUT2D eigenvalue weighted by atomic mass is 32.2. The van der Waals surface area contributed by atoms with Crippen LogP contribution in [0.1, 0.15) is 17.5 Å². The molecule has 0 heterocycles. The number of thioether (sulfide) groups is 1. The molecule has 1 atom stereocenters. The van der Waals surface area contributed by atoms with E-state index < -0.39 is 22.0 Å². The van der Waals surface area contributed by atoms with E-state index in [1.807, 2.05) is 12.3 Å². The molecule has 0 aromatic heterocycles. The summed E-state index contributed by atoms with van der Waals surface area (Å²) in [4.78, 5) is 11.3. The van der Waals surface area contributed by atoms with Crippen LogP contribution in [0, 0.1) is 13.8 Å². The van der Waals surface area contributed by atoms with Crippen LogP contribution in [0.25, 0.3) is 0 Å². The lowest BCUT2D eigenvalue weighted by molar-refractivity contribution is -0.139. The second kappa shape index (κ2) is 7.10. The normalized spacial score (nSPS) is 13.2. The van der Waals surface area contributed by atoms with Crippen molar-refractivity contribution in [2.24, 2.45) is 0 Å². The van der Waals surface area contributed by atoms with Gasteiger partial charge in [0.15, 0.2) is 0 Å². The van der Waals surface area contributed by atoms with Crippen LogP contribution in [0.5, 0.6) is 0 Å². The molecule has 7 heteroatoms. The summed E-state index contributed by atoms with van der Waals surface area (Å²) in [6, 6.07) is 3.97. The molecule has 0 aliphatic heterocycles. The first-order chi connectivity index (χ1) is 9.27. The van der Waals surface area contributed by atoms with Gasteiger partial charge in [-0.2, -0.15) is 16.5 Å². The first-order valence-electron chi connectivity index (χ1n) is 6.09. The van der Waals surface area contributed by atoms with Gasteiger partial charge in [0.25, 0.3) is 0 Å². The van der Waals surface area contributed by atoms with Gasteiger partial charge < -0.3 is 5.11 Å². The maximum absolute atomic E-state index is 12.3. The molecule has 0 saturated carbocycles. The Labute approximate surface area is 123 Å². The van der Waals surface area contributed by atoms with E-state index in [9.17, 15) is 13.2 Å². The molecular weight excluding hydrogens is 298 g/mol. The van der Waals surface area contributed by atoms with Gasteiger partial charge in [-0.3, -0.25) is 4.79 Å². The molecule has 0 unspecified atom stereocenters. The van der Waals surface area contributed by atoms with Crippen LogP contribution in [-0.4, -0.2) is 37.5 Å². The summed E-state index contributed by atoms with van der Waals surface area (Å²) in [5.74, 6) is -0.584. The molecule has 5 nitrogen and oxygen atoms in total. The Morgan fingerprint density at radius 1 is 1.40 bits per heavy atom. The minimum absolute atomic E-state index is 0.132. The topological polar surface area (TPSA) is 83.5 Å². The van der Waals surface area contributed by atoms with E-state index in [4.69, 9.17) is 5.11 Å². The van der Waals surface area contributed by atoms with Crippen molar-refractivity contribution in [1.82, 2.24) is 4.72 Å². The van der Waals surface area contributed by atoms with Gasteiger partial charge >= 0.3 is 5.97 Å². The Morgan fingerprint density at radius 2 is 2.05 bits per heavy atom. The SMILES string of the molecule is CSCC[C@@H](NS(=O)(=O)c1cc(C)ccc1C)C(=O)O. The average Bonchev–Trinajstić information content (AvgIpc) is 2.36. The smallest absolute Gasteiger partial charge is 0.321 e. The van der Waals surface area contributed by atoms with Crippen LogP contribution >= 0.6 is 11.8 Å². The maximum Gasteiger partial charge on any atom is 0.321 e. The van der Waals surface area contributed by atoms with Gasteiger partial charge in [0.2, 0.25) is 10.0 Å². The average molecular weight is 317 g/mol. The van der Waals surface area contributed by atoms with Crippen LogP contribution in [0.3, 0.4) is 0 Å². The molecule has 2 N–H and O–H groups in total. The molecule has 0 saturated heterocycles. The molecule has 1 aromatic carbocycles. The Balaban J connectivity index is 3.03. The number of carboxylic acids is 1. The third kappa shape index (κ3) is 4.50. The Hall–Kier alpha value is -1.05. The van der Waals surface area contributed by atoms with E-state index >= 15 is 0 Å². The Morgan fingerprint density at radius 3 is 2.60 bits per heavy atom. The third-order valence-electron chi connectivity index (χ3n) is 2.84. The number of aliphatic carboxylic acids is 1. The zero-order chi connectivity index (χ0) is 15.3. The minimum atomic E-state index is -3.83. The van der Waals surface area contributed by atoms with E-state index in [0.717, 1.165) is 5.56 Å². The number of aryl methyl sites for hydroxylation is 2. The number of carboxylic acid groups (broad SMARTS) is 1. The monoisotopic (exact) mass is 317 g/mol. The van der Waals surface area contributed by atoms with Crippen molar-refractivity contribution >= 4 is 27.8 Å². The van der Waals surface area contributed by atoms with Gasteiger partial charge in [0.05, 0.1) is 4.90 Å². The quantitative estimate of drug-likeness (QED) is 0.801. The van der Waals surface area contributed by atoms with Crippen molar-refractivity contribution in [2.75, 3.05) is 12.0 Å². The number of nitrogens with one attached hydrogen (secondary N) is 1. The fraction of sp³-hybridized carbons (Fsp3) is 0.462. The van der Waals surface area contributed by atoms with Gasteiger partial charge in [-0.05, 0) is 49.5 Å². The van der Waals surface area contributed by atoms with Gasteiger partial charge in [-0.1, -0.05) is 12.1 Å². The standard InChI is InChI=1S/C13H19NO4S2/c1-9-4-5-10(2)12(8-9)20(17,18)14-11(13(15)16)6-7-19-3/h4-5,8,11,14H,6-7H2,1-3H3,(H,15,16)/t11-/m1/s1. The van der Waals surface area contributed by atoms with Gasteiger partial charge in [-0.25, -0.2) is 8.42 Å². The molecule has 0 fully saturated rings. The van der Waals surface area contributed by atoms with Crippen LogP contribution in [0.4, 0.5) is 0 Å². The predicted molar refractivity (Wildman–Crippen MR) is 80.7 cm³/mol. The first-order valence-corrected chi connectivity index (χ1v) is 8.97. The zero-order valence-electron chi connectivity index (χ0n) is 11.7. The van der Waals surface area contributed by atoms with Crippen molar-refractivity contribution in [3.63, 3.8) is 0 Å². The Bertz CT molecular complexity index is 584. The van der Waals surface area contributed by atoms with E-state index in [-0.39, 0.29) is 11.3 Å². The highest BCUT2D eigenvalue weighted by molar-refractivity contribution is 7.98. The number of rotatable bonds is 7. The zero-order valence-corrected chi connectivity index (χ0v) is 13.3. The third-order valence-corrected chi connectivity index (χ3v) is 5.10. The molecule has 0 aliphatic rings. The summed E-state index contributed by atoms with van der Waals surface area (Å²) < 4.78 is 26.9. The second-order valence-electron chi connectivity index (χ2n) is 4.56. The van der Waals surface area contributed by atoms with Gasteiger partial charge in [-0.15, -0.1) is 0 Å². The number of sulfonamides is 1. The molecule has 0 aliphatic carbocycles. The van der Waals surface area contributed by atoms with Crippen LogP contribution in [-0.2, 0) is 14.8 Å². The fourth-order valence-electron chi connectivity index (χ4n) is 1.72. The summed E-state index contributed by atoms with van der Waals surface area (Å²) in [6.07, 6.45) is 2.10. The summed E-state index contributed by atoms with van der Waals surface area (Å²) in [5, 5.41) is 9.10. The van der Waals surface area contributed by atoms with Crippen molar-refractivity contribution in [3.05, 3.63) is 29.3 Å². The molecule has 0 amide bonds. The van der Waals surface area contributed by atoms with Gasteiger partial charge in [0, 0.05) is 0 Å². The second-order valence-corrected chi connectivity index (χ2v) is 7.23. The van der Waals surface area contributed by atoms with Crippen LogP contribution in [0.15, 0.2) is 23.1 Å². The van der Waals surface area contributed by atoms with Crippen molar-refractivity contribution in [3.8, 4) is 0 Å². The molecule has 0 radical (unpaired) electrons. The van der Waals surface area contributed by atoms with Crippen molar-refractivity contribution in [2.45, 2.75) is 31.2 Å². The number of carbonyl (C=O) groups is 1. The lowest BCUT2D eigenvalue weighted by Gasteiger charge is -2.15. The largest absolute Gasteiger partial charge is 0.480 e. The molecular formula is C13H19NO4S2. The van der Waals surface area contributed by atoms with Crippen LogP contribution in [0.2, 0.25) is 0 Å². The van der Waals surface area contributed by atoms with Crippen molar-refractivity contribution in [1.29, 1.82) is 0 Å². The molecule has 20 heavy (non-hydrogen) atoms. The lowest BCUT2D eigenvalue weighted by Crippen LogP contribution is -2.41. The van der Waals surface area contributed by atoms with E-state index in [0.29, 0.717) is 11.3 Å². The highest BCUT2D eigenvalue weighted by Crippen LogP contribution is 2.17. The maximum atomic E-state index is 12.3. The molecule has 0 bridgehead atoms. The summed E-state index contributed by atoms with van der Waals surface area (Å²) >= 11 is 1.48.